The number of aromatic nitrogens is 1. The van der Waals surface area contributed by atoms with E-state index in [0.29, 0.717) is 15.8 Å². The maximum Gasteiger partial charge on any atom is 0.255 e. The van der Waals surface area contributed by atoms with Gasteiger partial charge in [-0.1, -0.05) is 48.5 Å². The lowest BCUT2D eigenvalue weighted by atomic mass is 9.77. The molecule has 1 spiro atoms. The van der Waals surface area contributed by atoms with Crippen LogP contribution in [-0.4, -0.2) is 57.3 Å². The van der Waals surface area contributed by atoms with Gasteiger partial charge in [0.25, 0.3) is 5.91 Å². The third kappa shape index (κ3) is 6.00. The van der Waals surface area contributed by atoms with Crippen LogP contribution in [0, 0.1) is 18.3 Å². The fourth-order valence-electron chi connectivity index (χ4n) is 6.52. The lowest BCUT2D eigenvalue weighted by molar-refractivity contribution is -0.136. The second-order valence-electron chi connectivity index (χ2n) is 13.2. The van der Waals surface area contributed by atoms with Crippen molar-refractivity contribution in [1.82, 2.24) is 14.2 Å². The molecule has 6 nitrogen and oxygen atoms in total. The summed E-state index contributed by atoms with van der Waals surface area (Å²) >= 11 is 13.7. The zero-order valence-corrected chi connectivity index (χ0v) is 26.6. The Hall–Kier alpha value is -1.51. The number of halogens is 2. The van der Waals surface area contributed by atoms with Gasteiger partial charge in [0.15, 0.2) is 0 Å². The zero-order valence-electron chi connectivity index (χ0n) is 24.3. The summed E-state index contributed by atoms with van der Waals surface area (Å²) < 4.78 is 24.4. The quantitative estimate of drug-likeness (QED) is 0.360. The van der Waals surface area contributed by atoms with Crippen LogP contribution in [0.1, 0.15) is 81.8 Å². The smallest absolute Gasteiger partial charge is 0.255 e. The molecule has 2 aliphatic heterocycles. The summed E-state index contributed by atoms with van der Waals surface area (Å²) in [5, 5.41) is 0.563. The van der Waals surface area contributed by atoms with Crippen LogP contribution in [0.15, 0.2) is 23.1 Å². The van der Waals surface area contributed by atoms with Gasteiger partial charge in [0, 0.05) is 41.8 Å². The fourth-order valence-corrected chi connectivity index (χ4v) is 9.15. The zero-order chi connectivity index (χ0) is 28.9. The summed E-state index contributed by atoms with van der Waals surface area (Å²) in [5.74, 6) is 4.58. The molecule has 3 fully saturated rings. The van der Waals surface area contributed by atoms with E-state index < -0.39 is 15.2 Å². The molecule has 1 aliphatic carbocycles. The molecule has 2 aromatic rings. The molecule has 3 aliphatic rings. The third-order valence-electron chi connectivity index (χ3n) is 8.84. The Morgan fingerprint density at radius 1 is 1.12 bits per heavy atom. The van der Waals surface area contributed by atoms with E-state index in [-0.39, 0.29) is 16.3 Å². The van der Waals surface area contributed by atoms with Gasteiger partial charge in [0.2, 0.25) is 0 Å². The van der Waals surface area contributed by atoms with Crippen LogP contribution < -0.4 is 4.72 Å². The summed E-state index contributed by atoms with van der Waals surface area (Å²) in [4.78, 5) is 16.2. The number of ether oxygens (including phenoxy) is 1. The highest BCUT2D eigenvalue weighted by molar-refractivity contribution is 7.98. The minimum atomic E-state index is -2.88. The fraction of sp³-hybridized carbons (Fsp3) is 0.613. The minimum absolute atomic E-state index is 0.0743. The Kier molecular flexibility index (Phi) is 8.46. The number of likely N-dealkylation sites (tertiary alicyclic amines) is 1. The number of rotatable bonds is 6. The molecular formula is C31H43Cl2N3O3S. The van der Waals surface area contributed by atoms with Crippen LogP contribution in [0.5, 0.6) is 0 Å². The Balaban J connectivity index is 1.51. The number of carbonyl (C=O) groups is 1. The second-order valence-corrected chi connectivity index (χ2v) is 15.9. The van der Waals surface area contributed by atoms with Gasteiger partial charge in [-0.25, -0.2) is 8.93 Å². The molecule has 1 N–H and O–H groups in total. The highest BCUT2D eigenvalue weighted by Crippen LogP contribution is 2.42. The average Bonchev–Trinajstić information content (AvgIpc) is 3.19. The summed E-state index contributed by atoms with van der Waals surface area (Å²) in [6.07, 6.45) is 8.12. The average molecular weight is 609 g/mol. The lowest BCUT2D eigenvalue weighted by Gasteiger charge is -2.47. The van der Waals surface area contributed by atoms with Gasteiger partial charge in [0.1, 0.15) is 0 Å². The third-order valence-corrected chi connectivity index (χ3v) is 11.8. The maximum atomic E-state index is 13.9. The highest BCUT2D eigenvalue weighted by atomic mass is 35.5. The number of hydrogen-bond acceptors (Lipinski definition) is 3. The number of carbonyl (C=O) groups excluding carboxylic acids is 1. The van der Waals surface area contributed by atoms with E-state index in [0.717, 1.165) is 68.2 Å². The lowest BCUT2D eigenvalue weighted by Crippen LogP contribution is -2.52. The first-order valence-electron chi connectivity index (χ1n) is 14.5. The predicted molar refractivity (Wildman–Crippen MR) is 166 cm³/mol. The monoisotopic (exact) mass is 607 g/mol. The predicted octanol–water partition coefficient (Wildman–Crippen LogP) is 6.98. The normalized spacial score (nSPS) is 21.3. The van der Waals surface area contributed by atoms with E-state index in [9.17, 15) is 9.00 Å². The van der Waals surface area contributed by atoms with Gasteiger partial charge < -0.3 is 14.2 Å². The molecule has 2 saturated heterocycles. The van der Waals surface area contributed by atoms with E-state index in [2.05, 4.69) is 15.2 Å². The molecule has 1 aromatic heterocycles. The molecule has 1 aromatic carbocycles. The van der Waals surface area contributed by atoms with E-state index in [4.69, 9.17) is 27.9 Å². The minimum Gasteiger partial charge on any atom is -0.380 e. The van der Waals surface area contributed by atoms with Crippen molar-refractivity contribution in [3.63, 3.8) is 0 Å². The van der Waals surface area contributed by atoms with Crippen molar-refractivity contribution >= 4 is 44.7 Å². The van der Waals surface area contributed by atoms with Gasteiger partial charge in [-0.05, 0) is 77.3 Å². The maximum absolute atomic E-state index is 13.9. The number of amides is 1. The molecule has 40 heavy (non-hydrogen) atoms. The van der Waals surface area contributed by atoms with Gasteiger partial charge in [-0.2, -0.15) is 0 Å². The SMILES string of the molecule is C=S(=O)(NC(C)(C)C)c1ccc(-c2cc(C(=O)N3CCC4(CC3)COC4)c(C)n2CC2CCCCC2)c(Cl)c1Cl. The van der Waals surface area contributed by atoms with Crippen molar-refractivity contribution in [2.24, 2.45) is 11.3 Å². The topological polar surface area (TPSA) is 63.6 Å². The molecule has 1 saturated carbocycles. The first kappa shape index (κ1) is 30.0. The largest absolute Gasteiger partial charge is 0.380 e. The van der Waals surface area contributed by atoms with E-state index in [1.807, 2.05) is 44.7 Å². The molecule has 0 radical (unpaired) electrons. The van der Waals surface area contributed by atoms with Crippen LogP contribution in [0.3, 0.4) is 0 Å². The summed E-state index contributed by atoms with van der Waals surface area (Å²) in [7, 11) is -2.88. The van der Waals surface area contributed by atoms with Crippen molar-refractivity contribution in [3.05, 3.63) is 39.5 Å². The molecule has 0 bridgehead atoms. The molecule has 220 valence electrons. The molecule has 1 atom stereocenters. The number of hydrogen-bond donors (Lipinski definition) is 1. The van der Waals surface area contributed by atoms with Crippen molar-refractivity contribution in [2.45, 2.75) is 89.6 Å². The molecule has 1 amide bonds. The van der Waals surface area contributed by atoms with Crippen molar-refractivity contribution in [1.29, 1.82) is 0 Å². The Morgan fingerprint density at radius 2 is 1.77 bits per heavy atom. The number of nitrogens with zero attached hydrogens (tertiary/aromatic N) is 2. The van der Waals surface area contributed by atoms with Crippen LogP contribution in [0.2, 0.25) is 10.0 Å². The van der Waals surface area contributed by atoms with E-state index in [1.165, 1.54) is 32.1 Å². The van der Waals surface area contributed by atoms with Gasteiger partial charge in [-0.3, -0.25) is 4.79 Å². The molecular weight excluding hydrogens is 565 g/mol. The van der Waals surface area contributed by atoms with Gasteiger partial charge >= 0.3 is 0 Å². The second kappa shape index (κ2) is 11.3. The van der Waals surface area contributed by atoms with E-state index in [1.54, 1.807) is 6.07 Å². The molecule has 5 rings (SSSR count). The summed E-state index contributed by atoms with van der Waals surface area (Å²) in [6.45, 7) is 11.8. The molecule has 9 heteroatoms. The van der Waals surface area contributed by atoms with Crippen LogP contribution in [0.25, 0.3) is 11.3 Å². The van der Waals surface area contributed by atoms with E-state index >= 15 is 0 Å². The Morgan fingerprint density at radius 3 is 2.35 bits per heavy atom. The Bertz CT molecular complexity index is 1370. The van der Waals surface area contributed by atoms with Gasteiger partial charge in [0.05, 0.1) is 49.1 Å². The summed E-state index contributed by atoms with van der Waals surface area (Å²) in [6, 6.07) is 5.63. The highest BCUT2D eigenvalue weighted by Gasteiger charge is 2.42. The first-order valence-corrected chi connectivity index (χ1v) is 17.0. The summed E-state index contributed by atoms with van der Waals surface area (Å²) in [5.41, 5.74) is 3.15. The van der Waals surface area contributed by atoms with Crippen LogP contribution >= 0.6 is 23.2 Å². The number of benzene rings is 1. The molecule has 1 unspecified atom stereocenters. The standard InChI is InChI=1S/C31H43Cl2N3O3S/c1-21-24(29(37)35-15-13-31(14-16-35)19-39-20-31)17-25(36(21)18-22-9-7-6-8-10-22)23-11-12-26(28(33)27(23)32)40(5,38)34-30(2,3)4/h11-12,17,22H,5-10,13-16,18-20H2,1-4H3,(H,34,38). The van der Waals surface area contributed by atoms with Crippen molar-refractivity contribution in [3.8, 4) is 11.3 Å². The van der Waals surface area contributed by atoms with Crippen molar-refractivity contribution in [2.75, 3.05) is 26.3 Å². The molecule has 3 heterocycles. The van der Waals surface area contributed by atoms with Gasteiger partial charge in [-0.15, -0.1) is 0 Å². The number of piperidine rings is 1. The van der Waals surface area contributed by atoms with Crippen LogP contribution in [-0.2, 0) is 21.0 Å². The number of nitrogens with one attached hydrogen (secondary N) is 1. The van der Waals surface area contributed by atoms with Crippen molar-refractivity contribution < 1.29 is 13.7 Å². The first-order chi connectivity index (χ1) is 18.8. The Labute approximate surface area is 249 Å². The van der Waals surface area contributed by atoms with Crippen LogP contribution in [0.4, 0.5) is 0 Å².